The Kier molecular flexibility index (Phi) is 6.96. The molecule has 0 bridgehead atoms. The third-order valence-corrected chi connectivity index (χ3v) is 5.00. The van der Waals surface area contributed by atoms with Gasteiger partial charge in [-0.15, -0.1) is 0 Å². The number of nitrogens with one attached hydrogen (secondary N) is 1. The molecule has 3 aromatic carbocycles. The van der Waals surface area contributed by atoms with Crippen LogP contribution in [0.15, 0.2) is 83.3 Å². The van der Waals surface area contributed by atoms with E-state index >= 15 is 0 Å². The average Bonchev–Trinajstić information content (AvgIpc) is 3.33. The number of para-hydroxylation sites is 1. The first-order valence-corrected chi connectivity index (χ1v) is 10.6. The van der Waals surface area contributed by atoms with E-state index in [1.807, 2.05) is 31.2 Å². The van der Waals surface area contributed by atoms with E-state index in [0.29, 0.717) is 17.3 Å². The van der Waals surface area contributed by atoms with Gasteiger partial charge in [0.15, 0.2) is 5.76 Å². The van der Waals surface area contributed by atoms with Gasteiger partial charge in [-0.2, -0.15) is 0 Å². The molecule has 9 heteroatoms. The lowest BCUT2D eigenvalue weighted by atomic mass is 10.2. The molecule has 0 fully saturated rings. The summed E-state index contributed by atoms with van der Waals surface area (Å²) in [6, 6.07) is 21.4. The van der Waals surface area contributed by atoms with Gasteiger partial charge in [0, 0.05) is 12.1 Å². The summed E-state index contributed by atoms with van der Waals surface area (Å²) in [5.74, 6) is 1.93. The van der Waals surface area contributed by atoms with E-state index in [0.717, 1.165) is 11.3 Å². The van der Waals surface area contributed by atoms with E-state index in [1.54, 1.807) is 37.4 Å². The third kappa shape index (κ3) is 5.97. The number of carbonyl (C=O) groups excluding carboxylic acids is 1. The zero-order valence-electron chi connectivity index (χ0n) is 19.0. The van der Waals surface area contributed by atoms with Gasteiger partial charge in [-0.05, 0) is 55.0 Å². The molecule has 1 N–H and O–H groups in total. The molecule has 0 saturated heterocycles. The highest BCUT2D eigenvalue weighted by molar-refractivity contribution is 6.02. The Balaban J connectivity index is 1.46. The molecule has 0 unspecified atom stereocenters. The van der Waals surface area contributed by atoms with E-state index in [9.17, 15) is 14.9 Å². The average molecular weight is 474 g/mol. The number of amides is 1. The van der Waals surface area contributed by atoms with Gasteiger partial charge in [0.05, 0.1) is 23.8 Å². The fourth-order valence-corrected chi connectivity index (χ4v) is 3.24. The molecule has 0 radical (unpaired) electrons. The van der Waals surface area contributed by atoms with E-state index in [2.05, 4.69) is 5.32 Å². The van der Waals surface area contributed by atoms with Gasteiger partial charge in [-0.1, -0.05) is 18.2 Å². The minimum atomic E-state index is -0.567. The lowest BCUT2D eigenvalue weighted by Gasteiger charge is -2.09. The van der Waals surface area contributed by atoms with E-state index < -0.39 is 10.8 Å². The second kappa shape index (κ2) is 10.4. The summed E-state index contributed by atoms with van der Waals surface area (Å²) in [5.41, 5.74) is 0.926. The van der Waals surface area contributed by atoms with Crippen molar-refractivity contribution in [3.05, 3.63) is 106 Å². The van der Waals surface area contributed by atoms with Crippen molar-refractivity contribution in [3.63, 3.8) is 0 Å². The number of benzene rings is 3. The Morgan fingerprint density at radius 3 is 2.43 bits per heavy atom. The lowest BCUT2D eigenvalue weighted by Crippen LogP contribution is -2.11. The maximum absolute atomic E-state index is 12.7. The molecule has 1 aromatic heterocycles. The van der Waals surface area contributed by atoms with Crippen molar-refractivity contribution in [1.82, 2.24) is 0 Å². The number of nitro benzene ring substituents is 1. The highest BCUT2D eigenvalue weighted by atomic mass is 16.6. The fraction of sp³-hybridized carbons (Fsp3) is 0.115. The van der Waals surface area contributed by atoms with Crippen LogP contribution >= 0.6 is 0 Å². The van der Waals surface area contributed by atoms with Gasteiger partial charge in [0.1, 0.15) is 35.4 Å². The van der Waals surface area contributed by atoms with Gasteiger partial charge in [0.25, 0.3) is 11.6 Å². The normalized spacial score (nSPS) is 10.5. The molecule has 0 aliphatic rings. The van der Waals surface area contributed by atoms with Crippen LogP contribution in [0.3, 0.4) is 0 Å². The number of ether oxygens (including phenoxy) is 3. The van der Waals surface area contributed by atoms with Gasteiger partial charge in [0.2, 0.25) is 0 Å². The zero-order chi connectivity index (χ0) is 24.8. The Bertz CT molecular complexity index is 1350. The second-order valence-electron chi connectivity index (χ2n) is 7.52. The Morgan fingerprint density at radius 1 is 0.971 bits per heavy atom. The molecule has 4 rings (SSSR count). The zero-order valence-corrected chi connectivity index (χ0v) is 19.0. The Labute approximate surface area is 201 Å². The third-order valence-electron chi connectivity index (χ3n) is 5.00. The van der Waals surface area contributed by atoms with Crippen LogP contribution < -0.4 is 19.5 Å². The number of hydrogen-bond donors (Lipinski definition) is 1. The van der Waals surface area contributed by atoms with Crippen molar-refractivity contribution in [3.8, 4) is 23.0 Å². The van der Waals surface area contributed by atoms with Crippen molar-refractivity contribution in [2.24, 2.45) is 0 Å². The number of nitrogens with zero attached hydrogens (tertiary/aromatic N) is 1. The first-order valence-electron chi connectivity index (χ1n) is 10.6. The molecule has 178 valence electrons. The summed E-state index contributed by atoms with van der Waals surface area (Å²) < 4.78 is 22.2. The molecule has 35 heavy (non-hydrogen) atoms. The van der Waals surface area contributed by atoms with Crippen LogP contribution in [0.2, 0.25) is 0 Å². The molecule has 9 nitrogen and oxygen atoms in total. The molecule has 0 aliphatic carbocycles. The van der Waals surface area contributed by atoms with Crippen LogP contribution in [0.4, 0.5) is 11.4 Å². The van der Waals surface area contributed by atoms with Gasteiger partial charge < -0.3 is 23.9 Å². The molecule has 1 heterocycles. The SMILES string of the molecule is COc1ccc(Oc2cc(NC(=O)c3ccc(COc4ccccc4C)o3)cc([N+](=O)[O-])c2)cc1. The molecule has 0 spiro atoms. The highest BCUT2D eigenvalue weighted by Crippen LogP contribution is 2.31. The second-order valence-corrected chi connectivity index (χ2v) is 7.52. The van der Waals surface area contributed by atoms with Crippen LogP contribution in [0.5, 0.6) is 23.0 Å². The van der Waals surface area contributed by atoms with Crippen LogP contribution in [0, 0.1) is 17.0 Å². The standard InChI is InChI=1S/C26H22N2O7/c1-17-5-3-4-6-24(17)33-16-22-11-12-25(35-22)26(29)27-18-13-19(28(30)31)15-23(14-18)34-21-9-7-20(32-2)8-10-21/h3-15H,16H2,1-2H3,(H,27,29). The molecule has 0 atom stereocenters. The van der Waals surface area contributed by atoms with Crippen LogP contribution in [-0.2, 0) is 6.61 Å². The summed E-state index contributed by atoms with van der Waals surface area (Å²) in [4.78, 5) is 23.5. The van der Waals surface area contributed by atoms with Crippen molar-refractivity contribution < 1.29 is 28.3 Å². The summed E-state index contributed by atoms with van der Waals surface area (Å²) in [7, 11) is 1.55. The van der Waals surface area contributed by atoms with Crippen LogP contribution in [0.1, 0.15) is 21.9 Å². The highest BCUT2D eigenvalue weighted by Gasteiger charge is 2.16. The molecule has 0 aliphatic heterocycles. The molecule has 4 aromatic rings. The topological polar surface area (TPSA) is 113 Å². The maximum Gasteiger partial charge on any atom is 0.291 e. The fourth-order valence-electron chi connectivity index (χ4n) is 3.24. The number of methoxy groups -OCH3 is 1. The number of anilines is 1. The summed E-state index contributed by atoms with van der Waals surface area (Å²) in [5, 5.41) is 14.0. The summed E-state index contributed by atoms with van der Waals surface area (Å²) in [6.07, 6.45) is 0. The number of hydrogen-bond acceptors (Lipinski definition) is 7. The molecular formula is C26H22N2O7. The Hall–Kier alpha value is -4.79. The first kappa shape index (κ1) is 23.4. The Morgan fingerprint density at radius 2 is 1.71 bits per heavy atom. The van der Waals surface area contributed by atoms with Crippen LogP contribution in [-0.4, -0.2) is 17.9 Å². The van der Waals surface area contributed by atoms with Gasteiger partial charge in [-0.3, -0.25) is 14.9 Å². The summed E-state index contributed by atoms with van der Waals surface area (Å²) >= 11 is 0. The van der Waals surface area contributed by atoms with Crippen molar-refractivity contribution >= 4 is 17.3 Å². The number of nitro groups is 1. The summed E-state index contributed by atoms with van der Waals surface area (Å²) in [6.45, 7) is 2.08. The van der Waals surface area contributed by atoms with Gasteiger partial charge in [-0.25, -0.2) is 0 Å². The molecule has 0 saturated carbocycles. The number of aryl methyl sites for hydroxylation is 1. The first-order chi connectivity index (χ1) is 16.9. The smallest absolute Gasteiger partial charge is 0.291 e. The molecule has 1 amide bonds. The van der Waals surface area contributed by atoms with Crippen LogP contribution in [0.25, 0.3) is 0 Å². The van der Waals surface area contributed by atoms with E-state index in [1.165, 1.54) is 24.3 Å². The quantitative estimate of drug-likeness (QED) is 0.229. The van der Waals surface area contributed by atoms with E-state index in [4.69, 9.17) is 18.6 Å². The molecular weight excluding hydrogens is 452 g/mol. The minimum Gasteiger partial charge on any atom is -0.497 e. The van der Waals surface area contributed by atoms with Gasteiger partial charge >= 0.3 is 0 Å². The largest absolute Gasteiger partial charge is 0.497 e. The minimum absolute atomic E-state index is 0.0394. The van der Waals surface area contributed by atoms with E-state index in [-0.39, 0.29) is 29.5 Å². The lowest BCUT2D eigenvalue weighted by molar-refractivity contribution is -0.384. The predicted octanol–water partition coefficient (Wildman–Crippen LogP) is 6.13. The van der Waals surface area contributed by atoms with Crippen molar-refractivity contribution in [2.75, 3.05) is 12.4 Å². The predicted molar refractivity (Wildman–Crippen MR) is 128 cm³/mol. The van der Waals surface area contributed by atoms with Crippen molar-refractivity contribution in [2.45, 2.75) is 13.5 Å². The number of non-ortho nitro benzene ring substituents is 1. The monoisotopic (exact) mass is 474 g/mol. The number of rotatable bonds is 9. The number of furan rings is 1. The number of carbonyl (C=O) groups is 1. The maximum atomic E-state index is 12.7. The van der Waals surface area contributed by atoms with Crippen molar-refractivity contribution in [1.29, 1.82) is 0 Å².